The van der Waals surface area contributed by atoms with Gasteiger partial charge in [0.05, 0.1) is 5.69 Å². The summed E-state index contributed by atoms with van der Waals surface area (Å²) in [7, 11) is -3.56. The first kappa shape index (κ1) is 14.7. The second kappa shape index (κ2) is 7.20. The maximum absolute atomic E-state index is 11.7. The van der Waals surface area contributed by atoms with E-state index in [1.165, 1.54) is 0 Å². The van der Waals surface area contributed by atoms with Crippen LogP contribution in [0.25, 0.3) is 0 Å². The van der Waals surface area contributed by atoms with Gasteiger partial charge in [-0.2, -0.15) is 13.1 Å². The minimum Gasteiger partial charge on any atom is -0.490 e. The van der Waals surface area contributed by atoms with E-state index in [0.717, 1.165) is 6.42 Å². The Morgan fingerprint density at radius 2 is 2.06 bits per heavy atom. The first-order chi connectivity index (χ1) is 8.59. The van der Waals surface area contributed by atoms with Gasteiger partial charge in [-0.15, -0.1) is 0 Å². The third-order valence-electron chi connectivity index (χ3n) is 2.05. The maximum atomic E-state index is 11.7. The van der Waals surface area contributed by atoms with Gasteiger partial charge in [0.25, 0.3) is 10.2 Å². The topological polar surface area (TPSA) is 93.5 Å². The third kappa shape index (κ3) is 4.91. The average Bonchev–Trinajstić information content (AvgIpc) is 2.35. The van der Waals surface area contributed by atoms with Gasteiger partial charge in [-0.05, 0) is 18.6 Å². The smallest absolute Gasteiger partial charge is 0.299 e. The molecule has 0 aromatic heterocycles. The van der Waals surface area contributed by atoms with Gasteiger partial charge >= 0.3 is 0 Å². The predicted molar refractivity (Wildman–Crippen MR) is 71.8 cm³/mol. The molecular weight excluding hydrogens is 254 g/mol. The highest BCUT2D eigenvalue weighted by atomic mass is 32.2. The van der Waals surface area contributed by atoms with Gasteiger partial charge < -0.3 is 10.5 Å². The van der Waals surface area contributed by atoms with Gasteiger partial charge in [-0.25, -0.2) is 0 Å². The molecule has 1 rings (SSSR count). The number of anilines is 1. The highest BCUT2D eigenvalue weighted by molar-refractivity contribution is 7.90. The lowest BCUT2D eigenvalue weighted by molar-refractivity contribution is 0.330. The molecule has 0 radical (unpaired) electrons. The number of nitrogens with two attached hydrogens (primary N) is 1. The lowest BCUT2D eigenvalue weighted by Gasteiger charge is -2.13. The van der Waals surface area contributed by atoms with E-state index in [1.54, 1.807) is 24.3 Å². The summed E-state index contributed by atoms with van der Waals surface area (Å²) in [6.07, 6.45) is 0.728. The Labute approximate surface area is 108 Å². The molecule has 0 atom stereocenters. The van der Waals surface area contributed by atoms with Crippen LogP contribution in [0.15, 0.2) is 24.3 Å². The molecule has 7 heteroatoms. The van der Waals surface area contributed by atoms with Crippen LogP contribution in [0.1, 0.15) is 13.3 Å². The number of hydrogen-bond donors (Lipinski definition) is 3. The zero-order valence-electron chi connectivity index (χ0n) is 10.3. The van der Waals surface area contributed by atoms with E-state index in [4.69, 9.17) is 10.5 Å². The van der Waals surface area contributed by atoms with Gasteiger partial charge in [-0.3, -0.25) is 4.72 Å². The zero-order valence-corrected chi connectivity index (χ0v) is 11.2. The van der Waals surface area contributed by atoms with Gasteiger partial charge in [0, 0.05) is 13.1 Å². The molecule has 0 amide bonds. The van der Waals surface area contributed by atoms with Gasteiger partial charge in [-0.1, -0.05) is 19.1 Å². The molecule has 0 spiro atoms. The molecule has 102 valence electrons. The normalized spacial score (nSPS) is 11.2. The first-order valence-corrected chi connectivity index (χ1v) is 7.26. The fraction of sp³-hybridized carbons (Fsp3) is 0.455. The minimum atomic E-state index is -3.56. The van der Waals surface area contributed by atoms with E-state index < -0.39 is 10.2 Å². The number of hydrogen-bond acceptors (Lipinski definition) is 4. The van der Waals surface area contributed by atoms with Gasteiger partial charge in [0.2, 0.25) is 0 Å². The monoisotopic (exact) mass is 273 g/mol. The Morgan fingerprint density at radius 1 is 1.33 bits per heavy atom. The molecule has 0 fully saturated rings. The third-order valence-corrected chi connectivity index (χ3v) is 3.12. The summed E-state index contributed by atoms with van der Waals surface area (Å²) in [6, 6.07) is 6.82. The first-order valence-electron chi connectivity index (χ1n) is 5.78. The number of para-hydroxylation sites is 2. The summed E-state index contributed by atoms with van der Waals surface area (Å²) in [4.78, 5) is 0. The molecule has 6 nitrogen and oxygen atoms in total. The van der Waals surface area contributed by atoms with Crippen molar-refractivity contribution >= 4 is 15.9 Å². The molecule has 4 N–H and O–H groups in total. The van der Waals surface area contributed by atoms with Crippen LogP contribution < -0.4 is 19.9 Å². The number of benzene rings is 1. The SMILES string of the molecule is CCCNS(=O)(=O)Nc1ccccc1OCCN. The van der Waals surface area contributed by atoms with Crippen LogP contribution in [0, 0.1) is 0 Å². The molecule has 1 aromatic rings. The van der Waals surface area contributed by atoms with Gasteiger partial charge in [0.15, 0.2) is 0 Å². The summed E-state index contributed by atoms with van der Waals surface area (Å²) >= 11 is 0. The fourth-order valence-electron chi connectivity index (χ4n) is 1.26. The van der Waals surface area contributed by atoms with Crippen molar-refractivity contribution in [3.05, 3.63) is 24.3 Å². The number of ether oxygens (including phenoxy) is 1. The van der Waals surface area contributed by atoms with Crippen molar-refractivity contribution in [3.63, 3.8) is 0 Å². The van der Waals surface area contributed by atoms with Crippen LogP contribution in [-0.4, -0.2) is 28.1 Å². The standard InChI is InChI=1S/C11H19N3O3S/c1-2-8-13-18(15,16)14-10-5-3-4-6-11(10)17-9-7-12/h3-6,13-14H,2,7-9,12H2,1H3. The second-order valence-corrected chi connectivity index (χ2v) is 5.13. The van der Waals surface area contributed by atoms with E-state index in [0.29, 0.717) is 31.1 Å². The Morgan fingerprint density at radius 3 is 2.72 bits per heavy atom. The van der Waals surface area contributed by atoms with Crippen molar-refractivity contribution in [2.75, 3.05) is 24.4 Å². The highest BCUT2D eigenvalue weighted by Crippen LogP contribution is 2.24. The number of nitrogens with one attached hydrogen (secondary N) is 2. The van der Waals surface area contributed by atoms with E-state index >= 15 is 0 Å². The Kier molecular flexibility index (Phi) is 5.90. The van der Waals surface area contributed by atoms with Crippen molar-refractivity contribution in [1.82, 2.24) is 4.72 Å². The molecule has 0 unspecified atom stereocenters. The van der Waals surface area contributed by atoms with E-state index in [9.17, 15) is 8.42 Å². The second-order valence-electron chi connectivity index (χ2n) is 3.63. The summed E-state index contributed by atoms with van der Waals surface area (Å²) in [5, 5.41) is 0. The highest BCUT2D eigenvalue weighted by Gasteiger charge is 2.11. The lowest BCUT2D eigenvalue weighted by atomic mass is 10.3. The predicted octanol–water partition coefficient (Wildman–Crippen LogP) is 0.680. The van der Waals surface area contributed by atoms with Crippen LogP contribution in [-0.2, 0) is 10.2 Å². The molecule has 0 aliphatic carbocycles. The van der Waals surface area contributed by atoms with E-state index in [-0.39, 0.29) is 0 Å². The van der Waals surface area contributed by atoms with Crippen molar-refractivity contribution in [2.24, 2.45) is 5.73 Å². The minimum absolute atomic E-state index is 0.334. The van der Waals surface area contributed by atoms with Crippen LogP contribution in [0.3, 0.4) is 0 Å². The molecular formula is C11H19N3O3S. The Balaban J connectivity index is 2.77. The van der Waals surface area contributed by atoms with Crippen LogP contribution in [0.2, 0.25) is 0 Å². The van der Waals surface area contributed by atoms with E-state index in [1.807, 2.05) is 6.92 Å². The maximum Gasteiger partial charge on any atom is 0.299 e. The molecule has 0 saturated carbocycles. The lowest BCUT2D eigenvalue weighted by Crippen LogP contribution is -2.30. The summed E-state index contributed by atoms with van der Waals surface area (Å²) < 4.78 is 33.6. The molecule has 0 aliphatic rings. The summed E-state index contributed by atoms with van der Waals surface area (Å²) in [5.41, 5.74) is 5.74. The van der Waals surface area contributed by atoms with Crippen LogP contribution in [0.5, 0.6) is 5.75 Å². The van der Waals surface area contributed by atoms with Crippen molar-refractivity contribution in [3.8, 4) is 5.75 Å². The van der Waals surface area contributed by atoms with E-state index in [2.05, 4.69) is 9.44 Å². The molecule has 0 saturated heterocycles. The molecule has 0 bridgehead atoms. The molecule has 0 aliphatic heterocycles. The Bertz CT molecular complexity index is 462. The van der Waals surface area contributed by atoms with Crippen LogP contribution in [0.4, 0.5) is 5.69 Å². The average molecular weight is 273 g/mol. The molecule has 1 aromatic carbocycles. The Hall–Kier alpha value is -1.31. The van der Waals surface area contributed by atoms with Crippen molar-refractivity contribution in [1.29, 1.82) is 0 Å². The van der Waals surface area contributed by atoms with Crippen molar-refractivity contribution in [2.45, 2.75) is 13.3 Å². The summed E-state index contributed by atoms with van der Waals surface area (Å²) in [5.74, 6) is 0.463. The largest absolute Gasteiger partial charge is 0.490 e. The van der Waals surface area contributed by atoms with Crippen molar-refractivity contribution < 1.29 is 13.2 Å². The molecule has 0 heterocycles. The fourth-order valence-corrected chi connectivity index (χ4v) is 2.27. The molecule has 18 heavy (non-hydrogen) atoms. The summed E-state index contributed by atoms with van der Waals surface area (Å²) in [6.45, 7) is 2.98. The van der Waals surface area contributed by atoms with Gasteiger partial charge in [0.1, 0.15) is 12.4 Å². The quantitative estimate of drug-likeness (QED) is 0.649. The number of rotatable bonds is 8. The van der Waals surface area contributed by atoms with Crippen LogP contribution >= 0.6 is 0 Å². The zero-order chi connectivity index (χ0) is 13.4.